The number of rotatable bonds is 5. The van der Waals surface area contributed by atoms with Crippen molar-refractivity contribution in [2.24, 2.45) is 0 Å². The number of carbonyl (C=O) groups is 1. The normalized spacial score (nSPS) is 22.2. The molecule has 1 aliphatic heterocycles. The van der Waals surface area contributed by atoms with E-state index in [-0.39, 0.29) is 35.1 Å². The number of hydrogen-bond acceptors (Lipinski definition) is 5. The molecule has 1 aliphatic rings. The van der Waals surface area contributed by atoms with Crippen molar-refractivity contribution in [3.05, 3.63) is 10.1 Å². The number of likely N-dealkylation sites (tertiary alicyclic amines) is 1. The van der Waals surface area contributed by atoms with E-state index in [1.165, 1.54) is 0 Å². The first-order valence-corrected chi connectivity index (χ1v) is 11.8. The second kappa shape index (κ2) is 7.61. The second-order valence-corrected chi connectivity index (χ2v) is 14.0. The molecule has 1 amide bonds. The Morgan fingerprint density at radius 1 is 1.24 bits per heavy atom. The lowest BCUT2D eigenvalue weighted by molar-refractivity contribution is -0.481. The quantitative estimate of drug-likeness (QED) is 0.412. The molecule has 0 aromatic heterocycles. The second-order valence-electron chi connectivity index (χ2n) is 9.29. The van der Waals surface area contributed by atoms with Crippen molar-refractivity contribution >= 4 is 14.4 Å². The fourth-order valence-corrected chi connectivity index (χ4v) is 4.03. The fourth-order valence-electron chi connectivity index (χ4n) is 2.64. The van der Waals surface area contributed by atoms with E-state index >= 15 is 0 Å². The molecule has 8 heteroatoms. The molecule has 7 nitrogen and oxygen atoms in total. The highest BCUT2D eigenvalue weighted by Crippen LogP contribution is 2.39. The van der Waals surface area contributed by atoms with Gasteiger partial charge in [-0.2, -0.15) is 0 Å². The topological polar surface area (TPSA) is 81.9 Å². The molecule has 1 heterocycles. The Kier molecular flexibility index (Phi) is 6.67. The van der Waals surface area contributed by atoms with Crippen molar-refractivity contribution < 1.29 is 18.9 Å². The van der Waals surface area contributed by atoms with E-state index in [0.717, 1.165) is 0 Å². The number of hydrogen-bond donors (Lipinski definition) is 0. The lowest BCUT2D eigenvalue weighted by Gasteiger charge is -2.40. The maximum absolute atomic E-state index is 12.5. The van der Waals surface area contributed by atoms with Crippen molar-refractivity contribution in [3.8, 4) is 0 Å². The summed E-state index contributed by atoms with van der Waals surface area (Å²) in [6.45, 7) is 16.6. The minimum absolute atomic E-state index is 0.0417. The molecule has 0 aliphatic carbocycles. The van der Waals surface area contributed by atoms with Gasteiger partial charge < -0.3 is 14.1 Å². The van der Waals surface area contributed by atoms with E-state index < -0.39 is 20.0 Å². The lowest BCUT2D eigenvalue weighted by Crippen LogP contribution is -2.49. The van der Waals surface area contributed by atoms with Crippen LogP contribution in [0.1, 0.15) is 54.4 Å². The van der Waals surface area contributed by atoms with E-state index in [1.54, 1.807) is 4.90 Å². The lowest BCUT2D eigenvalue weighted by atomic mass is 10.1. The van der Waals surface area contributed by atoms with Crippen molar-refractivity contribution in [2.45, 2.75) is 90.3 Å². The predicted molar refractivity (Wildman–Crippen MR) is 99.9 cm³/mol. The zero-order chi connectivity index (χ0) is 19.6. The van der Waals surface area contributed by atoms with Gasteiger partial charge >= 0.3 is 6.09 Å². The number of nitro groups is 1. The number of ether oxygens (including phenoxy) is 1. The summed E-state index contributed by atoms with van der Waals surface area (Å²) in [6.07, 6.45) is 0.384. The Morgan fingerprint density at radius 3 is 2.24 bits per heavy atom. The average Bonchev–Trinajstić information content (AvgIpc) is 2.75. The molecule has 0 N–H and O–H groups in total. The molecular formula is C17H34N2O5Si. The Labute approximate surface area is 152 Å². The maximum atomic E-state index is 12.5. The highest BCUT2D eigenvalue weighted by molar-refractivity contribution is 6.74. The summed E-state index contributed by atoms with van der Waals surface area (Å²) in [7, 11) is -2.03. The third-order valence-corrected chi connectivity index (χ3v) is 9.48. The summed E-state index contributed by atoms with van der Waals surface area (Å²) in [6, 6.07) is -0.311. The molecule has 0 aromatic rings. The van der Waals surface area contributed by atoms with Gasteiger partial charge in [-0.15, -0.1) is 0 Å². The van der Waals surface area contributed by atoms with Crippen LogP contribution in [-0.2, 0) is 9.16 Å². The van der Waals surface area contributed by atoms with Gasteiger partial charge in [0.1, 0.15) is 5.60 Å². The van der Waals surface area contributed by atoms with E-state index in [9.17, 15) is 14.9 Å². The smallest absolute Gasteiger partial charge is 0.410 e. The van der Waals surface area contributed by atoms with Gasteiger partial charge in [-0.1, -0.05) is 20.8 Å². The largest absolute Gasteiger partial charge is 0.444 e. The van der Waals surface area contributed by atoms with Gasteiger partial charge in [0.05, 0.1) is 12.1 Å². The molecule has 1 fully saturated rings. The van der Waals surface area contributed by atoms with Crippen LogP contribution in [0.2, 0.25) is 18.1 Å². The van der Waals surface area contributed by atoms with Gasteiger partial charge in [0.15, 0.2) is 8.32 Å². The molecule has 0 bridgehead atoms. The van der Waals surface area contributed by atoms with Crippen molar-refractivity contribution in [1.29, 1.82) is 0 Å². The van der Waals surface area contributed by atoms with E-state index in [1.807, 2.05) is 20.8 Å². The Hall–Kier alpha value is -1.15. The van der Waals surface area contributed by atoms with Gasteiger partial charge in [0, 0.05) is 17.9 Å². The van der Waals surface area contributed by atoms with Crippen molar-refractivity contribution in [2.75, 3.05) is 13.1 Å². The van der Waals surface area contributed by atoms with Crippen LogP contribution in [0.15, 0.2) is 0 Å². The number of carbonyl (C=O) groups excluding carboxylic acids is 1. The monoisotopic (exact) mass is 374 g/mol. The Morgan fingerprint density at radius 2 is 1.80 bits per heavy atom. The van der Waals surface area contributed by atoms with Crippen LogP contribution in [0, 0.1) is 10.1 Å². The van der Waals surface area contributed by atoms with Crippen LogP contribution in [0.25, 0.3) is 0 Å². The molecule has 1 rings (SSSR count). The first-order valence-electron chi connectivity index (χ1n) is 8.93. The van der Waals surface area contributed by atoms with E-state index in [2.05, 4.69) is 33.9 Å². The van der Waals surface area contributed by atoms with E-state index in [4.69, 9.17) is 9.16 Å². The van der Waals surface area contributed by atoms with Gasteiger partial charge in [-0.25, -0.2) is 4.79 Å². The summed E-state index contributed by atoms with van der Waals surface area (Å²) in [4.78, 5) is 24.6. The Balaban J connectivity index is 2.94. The van der Waals surface area contributed by atoms with Crippen LogP contribution in [0.3, 0.4) is 0 Å². The molecule has 146 valence electrons. The summed E-state index contributed by atoms with van der Waals surface area (Å²) < 4.78 is 12.0. The predicted octanol–water partition coefficient (Wildman–Crippen LogP) is 4.05. The molecule has 0 aromatic carbocycles. The molecule has 2 atom stereocenters. The Bertz CT molecular complexity index is 496. The number of amides is 1. The maximum Gasteiger partial charge on any atom is 0.410 e. The molecule has 1 saturated heterocycles. The van der Waals surface area contributed by atoms with Crippen LogP contribution in [0.4, 0.5) is 4.79 Å². The highest BCUT2D eigenvalue weighted by Gasteiger charge is 2.46. The van der Waals surface area contributed by atoms with Crippen LogP contribution >= 0.6 is 0 Å². The highest BCUT2D eigenvalue weighted by atomic mass is 28.4. The molecular weight excluding hydrogens is 340 g/mol. The zero-order valence-electron chi connectivity index (χ0n) is 16.9. The average molecular weight is 375 g/mol. The molecule has 0 radical (unpaired) electrons. The molecule has 25 heavy (non-hydrogen) atoms. The minimum Gasteiger partial charge on any atom is -0.444 e. The summed E-state index contributed by atoms with van der Waals surface area (Å²) >= 11 is 0. The summed E-state index contributed by atoms with van der Waals surface area (Å²) in [5.74, 6) is 0. The van der Waals surface area contributed by atoms with Gasteiger partial charge in [-0.3, -0.25) is 10.1 Å². The van der Waals surface area contributed by atoms with Crippen molar-refractivity contribution in [1.82, 2.24) is 4.90 Å². The zero-order valence-corrected chi connectivity index (χ0v) is 17.9. The first-order chi connectivity index (χ1) is 11.1. The van der Waals surface area contributed by atoms with Gasteiger partial charge in [0.25, 0.3) is 0 Å². The standard InChI is InChI=1S/C17H34N2O5Si/c1-16(2,3)23-15(20)18-11-10-14(13(18)9-12-19(21)22)24-25(7,8)17(4,5)6/h13-14H,9-12H2,1-8H3/t13-,14+/m1/s1. The molecule has 0 unspecified atom stereocenters. The van der Waals surface area contributed by atoms with Crippen LogP contribution < -0.4 is 0 Å². The fraction of sp³-hybridized carbons (Fsp3) is 0.941. The summed E-state index contributed by atoms with van der Waals surface area (Å²) in [5, 5.41) is 10.9. The third kappa shape index (κ3) is 6.25. The SMILES string of the molecule is CC(C)(C)OC(=O)N1CC[C@H](O[Si](C)(C)C(C)(C)C)[C@H]1CC[N+](=O)[O-]. The van der Waals surface area contributed by atoms with Crippen molar-refractivity contribution in [3.63, 3.8) is 0 Å². The molecule has 0 spiro atoms. The van der Waals surface area contributed by atoms with Crippen LogP contribution in [0.5, 0.6) is 0 Å². The number of nitrogens with zero attached hydrogens (tertiary/aromatic N) is 2. The summed E-state index contributed by atoms with van der Waals surface area (Å²) in [5.41, 5.74) is -0.594. The van der Waals surface area contributed by atoms with E-state index in [0.29, 0.717) is 13.0 Å². The van der Waals surface area contributed by atoms with Crippen LogP contribution in [-0.4, -0.2) is 55.1 Å². The van der Waals surface area contributed by atoms with Gasteiger partial charge in [0.2, 0.25) is 6.54 Å². The van der Waals surface area contributed by atoms with Gasteiger partial charge in [-0.05, 0) is 45.3 Å². The minimum atomic E-state index is -2.03. The first kappa shape index (κ1) is 21.9. The molecule has 0 saturated carbocycles. The third-order valence-electron chi connectivity index (χ3n) is 4.97.